The predicted octanol–water partition coefficient (Wildman–Crippen LogP) is 0.521. The molecule has 1 unspecified atom stereocenters. The van der Waals surface area contributed by atoms with Gasteiger partial charge in [0, 0.05) is 25.3 Å². The summed E-state index contributed by atoms with van der Waals surface area (Å²) in [7, 11) is -1.86. The number of nitrogens with zero attached hydrogens (tertiary/aromatic N) is 3. The zero-order chi connectivity index (χ0) is 14.8. The molecular formula is C11H18F2N4O2S. The zero-order valence-electron chi connectivity index (χ0n) is 11.2. The summed E-state index contributed by atoms with van der Waals surface area (Å²) in [6.45, 7) is 0.230. The monoisotopic (exact) mass is 308 g/mol. The van der Waals surface area contributed by atoms with Gasteiger partial charge in [0.2, 0.25) is 10.0 Å². The van der Waals surface area contributed by atoms with Crippen LogP contribution in [-0.2, 0) is 16.6 Å². The first kappa shape index (κ1) is 15.3. The molecule has 1 aromatic heterocycles. The van der Waals surface area contributed by atoms with E-state index in [1.165, 1.54) is 4.31 Å². The average Bonchev–Trinajstić information content (AvgIpc) is 2.87. The third-order valence-electron chi connectivity index (χ3n) is 3.36. The smallest absolute Gasteiger partial charge is 0.257 e. The fraction of sp³-hybridized carbons (Fsp3) is 0.727. The van der Waals surface area contributed by atoms with Crippen LogP contribution < -0.4 is 5.32 Å². The van der Waals surface area contributed by atoms with Gasteiger partial charge in [-0.3, -0.25) is 4.68 Å². The van der Waals surface area contributed by atoms with E-state index in [9.17, 15) is 17.2 Å². The molecule has 9 heteroatoms. The number of aromatic nitrogens is 2. The summed E-state index contributed by atoms with van der Waals surface area (Å²) >= 11 is 0. The third-order valence-corrected chi connectivity index (χ3v) is 5.18. The quantitative estimate of drug-likeness (QED) is 0.861. The van der Waals surface area contributed by atoms with E-state index in [4.69, 9.17) is 0 Å². The minimum absolute atomic E-state index is 0.0325. The van der Waals surface area contributed by atoms with Gasteiger partial charge in [-0.25, -0.2) is 17.2 Å². The van der Waals surface area contributed by atoms with Crippen LogP contribution in [-0.4, -0.2) is 55.1 Å². The number of nitrogens with one attached hydrogen (secondary N) is 1. The average molecular weight is 308 g/mol. The first-order chi connectivity index (χ1) is 9.43. The number of hydrogen-bond acceptors (Lipinski definition) is 4. The molecule has 0 bridgehead atoms. The summed E-state index contributed by atoms with van der Waals surface area (Å²) in [5.41, 5.74) is 0. The lowest BCUT2D eigenvalue weighted by Gasteiger charge is -2.31. The van der Waals surface area contributed by atoms with Gasteiger partial charge >= 0.3 is 0 Å². The Balaban J connectivity index is 2.15. The standard InChI is InChI=1S/C11H18F2N4O2S/c1-14-9-3-2-4-17(6-9)20(18,19)10-5-15-16(7-10)8-11(12)13/h5,7,9,11,14H,2-4,6,8H2,1H3. The second-order valence-electron chi connectivity index (χ2n) is 4.78. The summed E-state index contributed by atoms with van der Waals surface area (Å²) in [5, 5.41) is 6.73. The third kappa shape index (κ3) is 3.33. The highest BCUT2D eigenvalue weighted by molar-refractivity contribution is 7.89. The Kier molecular flexibility index (Phi) is 4.71. The van der Waals surface area contributed by atoms with Crippen molar-refractivity contribution in [2.45, 2.75) is 36.7 Å². The van der Waals surface area contributed by atoms with E-state index in [-0.39, 0.29) is 10.9 Å². The molecule has 0 saturated carbocycles. The summed E-state index contributed by atoms with van der Waals surface area (Å²) in [4.78, 5) is -0.0325. The molecule has 1 fully saturated rings. The van der Waals surface area contributed by atoms with E-state index >= 15 is 0 Å². The van der Waals surface area contributed by atoms with Crippen molar-refractivity contribution in [3.63, 3.8) is 0 Å². The summed E-state index contributed by atoms with van der Waals surface area (Å²) in [5.74, 6) is 0. The van der Waals surface area contributed by atoms with E-state index < -0.39 is 23.0 Å². The van der Waals surface area contributed by atoms with Crippen LogP contribution in [0.15, 0.2) is 17.3 Å². The number of rotatable bonds is 5. The number of hydrogen-bond donors (Lipinski definition) is 1. The number of halogens is 2. The molecule has 20 heavy (non-hydrogen) atoms. The molecule has 0 amide bonds. The molecule has 6 nitrogen and oxygen atoms in total. The Labute approximate surface area is 116 Å². The molecule has 2 rings (SSSR count). The number of piperidine rings is 1. The van der Waals surface area contributed by atoms with Crippen LogP contribution in [0, 0.1) is 0 Å². The number of sulfonamides is 1. The van der Waals surface area contributed by atoms with Gasteiger partial charge in [-0.1, -0.05) is 0 Å². The van der Waals surface area contributed by atoms with Crippen molar-refractivity contribution < 1.29 is 17.2 Å². The Hall–Kier alpha value is -1.06. The summed E-state index contributed by atoms with van der Waals surface area (Å²) in [6, 6.07) is 0.120. The Bertz CT molecular complexity index is 546. The van der Waals surface area contributed by atoms with E-state index in [1.54, 1.807) is 7.05 Å². The second-order valence-corrected chi connectivity index (χ2v) is 6.72. The van der Waals surface area contributed by atoms with Crippen molar-refractivity contribution >= 4 is 10.0 Å². The number of alkyl halides is 2. The van der Waals surface area contributed by atoms with Gasteiger partial charge in [-0.05, 0) is 19.9 Å². The molecule has 1 N–H and O–H groups in total. The largest absolute Gasteiger partial charge is 0.316 e. The van der Waals surface area contributed by atoms with Crippen molar-refractivity contribution in [2.24, 2.45) is 0 Å². The molecule has 114 valence electrons. The molecular weight excluding hydrogens is 290 g/mol. The molecule has 1 saturated heterocycles. The topological polar surface area (TPSA) is 67.2 Å². The first-order valence-electron chi connectivity index (χ1n) is 6.41. The van der Waals surface area contributed by atoms with E-state index in [0.29, 0.717) is 13.1 Å². The fourth-order valence-corrected chi connectivity index (χ4v) is 3.74. The summed E-state index contributed by atoms with van der Waals surface area (Å²) < 4.78 is 51.6. The molecule has 0 radical (unpaired) electrons. The summed E-state index contributed by atoms with van der Waals surface area (Å²) in [6.07, 6.45) is 1.42. The Morgan fingerprint density at radius 2 is 2.30 bits per heavy atom. The van der Waals surface area contributed by atoms with Crippen molar-refractivity contribution in [3.8, 4) is 0 Å². The van der Waals surface area contributed by atoms with Crippen LogP contribution in [0.25, 0.3) is 0 Å². The van der Waals surface area contributed by atoms with Crippen LogP contribution in [0.5, 0.6) is 0 Å². The molecule has 0 aliphatic carbocycles. The molecule has 1 aliphatic heterocycles. The highest BCUT2D eigenvalue weighted by Crippen LogP contribution is 2.20. The maximum Gasteiger partial charge on any atom is 0.257 e. The molecule has 1 aliphatic rings. The minimum Gasteiger partial charge on any atom is -0.316 e. The molecule has 1 aromatic rings. The first-order valence-corrected chi connectivity index (χ1v) is 7.85. The second kappa shape index (κ2) is 6.15. The lowest BCUT2D eigenvalue weighted by atomic mass is 10.1. The normalized spacial score (nSPS) is 21.5. The molecule has 1 atom stereocenters. The maximum absolute atomic E-state index is 12.4. The lowest BCUT2D eigenvalue weighted by molar-refractivity contribution is 0.121. The van der Waals surface area contributed by atoms with Crippen LogP contribution in [0.2, 0.25) is 0 Å². The number of likely N-dealkylation sites (N-methyl/N-ethyl adjacent to an activating group) is 1. The van der Waals surface area contributed by atoms with Crippen molar-refractivity contribution in [1.82, 2.24) is 19.4 Å². The Morgan fingerprint density at radius 3 is 2.95 bits per heavy atom. The van der Waals surface area contributed by atoms with E-state index in [2.05, 4.69) is 10.4 Å². The van der Waals surface area contributed by atoms with Gasteiger partial charge in [0.15, 0.2) is 0 Å². The van der Waals surface area contributed by atoms with Crippen LogP contribution in [0.3, 0.4) is 0 Å². The van der Waals surface area contributed by atoms with Crippen LogP contribution in [0.1, 0.15) is 12.8 Å². The van der Waals surface area contributed by atoms with Gasteiger partial charge in [0.1, 0.15) is 11.4 Å². The highest BCUT2D eigenvalue weighted by Gasteiger charge is 2.30. The SMILES string of the molecule is CNC1CCCN(S(=O)(=O)c2cnn(CC(F)F)c2)C1. The fourth-order valence-electron chi connectivity index (χ4n) is 2.26. The van der Waals surface area contributed by atoms with Crippen LogP contribution in [0.4, 0.5) is 8.78 Å². The van der Waals surface area contributed by atoms with Gasteiger partial charge in [0.25, 0.3) is 6.43 Å². The zero-order valence-corrected chi connectivity index (χ0v) is 12.0. The van der Waals surface area contributed by atoms with Gasteiger partial charge in [0.05, 0.1) is 6.20 Å². The maximum atomic E-state index is 12.4. The van der Waals surface area contributed by atoms with E-state index in [0.717, 1.165) is 29.9 Å². The minimum atomic E-state index is -3.65. The molecule has 0 aromatic carbocycles. The van der Waals surface area contributed by atoms with Gasteiger partial charge < -0.3 is 5.32 Å². The lowest BCUT2D eigenvalue weighted by Crippen LogP contribution is -2.46. The van der Waals surface area contributed by atoms with Crippen molar-refractivity contribution in [1.29, 1.82) is 0 Å². The predicted molar refractivity (Wildman–Crippen MR) is 69.1 cm³/mol. The van der Waals surface area contributed by atoms with Crippen molar-refractivity contribution in [2.75, 3.05) is 20.1 Å². The molecule has 0 spiro atoms. The van der Waals surface area contributed by atoms with E-state index in [1.807, 2.05) is 0 Å². The van der Waals surface area contributed by atoms with Gasteiger partial charge in [-0.15, -0.1) is 0 Å². The Morgan fingerprint density at radius 1 is 1.55 bits per heavy atom. The molecule has 2 heterocycles. The highest BCUT2D eigenvalue weighted by atomic mass is 32.2. The van der Waals surface area contributed by atoms with Gasteiger partial charge in [-0.2, -0.15) is 9.40 Å². The van der Waals surface area contributed by atoms with Crippen LogP contribution >= 0.6 is 0 Å². The van der Waals surface area contributed by atoms with Crippen molar-refractivity contribution in [3.05, 3.63) is 12.4 Å².